The smallest absolute Gasteiger partial charge is 0.0471 e. The standard InChI is InChI=1S/C14H29NO/c1-3-4-5-6-7-10-15-13-14(2)8-11-16-12-9-14/h15H,3-13H2,1-2H3. The summed E-state index contributed by atoms with van der Waals surface area (Å²) in [6, 6.07) is 0. The molecule has 0 spiro atoms. The fraction of sp³-hybridized carbons (Fsp3) is 1.00. The lowest BCUT2D eigenvalue weighted by Gasteiger charge is -2.33. The first kappa shape index (κ1) is 14.0. The van der Waals surface area contributed by atoms with Crippen molar-refractivity contribution >= 4 is 0 Å². The summed E-state index contributed by atoms with van der Waals surface area (Å²) in [7, 11) is 0. The third-order valence-corrected chi connectivity index (χ3v) is 3.71. The zero-order valence-electron chi connectivity index (χ0n) is 11.2. The first-order chi connectivity index (χ1) is 7.77. The van der Waals surface area contributed by atoms with Gasteiger partial charge in [0, 0.05) is 19.8 Å². The van der Waals surface area contributed by atoms with Crippen LogP contribution in [0, 0.1) is 5.41 Å². The monoisotopic (exact) mass is 227 g/mol. The van der Waals surface area contributed by atoms with Crippen LogP contribution in [-0.2, 0) is 4.74 Å². The minimum Gasteiger partial charge on any atom is -0.381 e. The second kappa shape index (κ2) is 8.08. The summed E-state index contributed by atoms with van der Waals surface area (Å²) in [5, 5.41) is 3.62. The molecule has 1 saturated heterocycles. The molecular weight excluding hydrogens is 198 g/mol. The average molecular weight is 227 g/mol. The number of rotatable bonds is 8. The van der Waals surface area contributed by atoms with Crippen molar-refractivity contribution in [3.8, 4) is 0 Å². The van der Waals surface area contributed by atoms with Crippen LogP contribution in [0.15, 0.2) is 0 Å². The van der Waals surface area contributed by atoms with Gasteiger partial charge in [0.05, 0.1) is 0 Å². The topological polar surface area (TPSA) is 21.3 Å². The van der Waals surface area contributed by atoms with Crippen LogP contribution >= 0.6 is 0 Å². The molecule has 0 aromatic heterocycles. The van der Waals surface area contributed by atoms with Gasteiger partial charge in [-0.25, -0.2) is 0 Å². The molecule has 2 nitrogen and oxygen atoms in total. The first-order valence-electron chi connectivity index (χ1n) is 7.05. The Morgan fingerprint density at radius 1 is 1.06 bits per heavy atom. The molecule has 0 amide bonds. The van der Waals surface area contributed by atoms with Gasteiger partial charge in [0.1, 0.15) is 0 Å². The van der Waals surface area contributed by atoms with Crippen molar-refractivity contribution in [2.45, 2.75) is 58.8 Å². The van der Waals surface area contributed by atoms with Gasteiger partial charge in [-0.3, -0.25) is 0 Å². The SMILES string of the molecule is CCCCCCCNCC1(C)CCOCC1. The second-order valence-corrected chi connectivity index (χ2v) is 5.51. The lowest BCUT2D eigenvalue weighted by atomic mass is 9.82. The molecule has 1 rings (SSSR count). The van der Waals surface area contributed by atoms with Crippen LogP contribution in [0.4, 0.5) is 0 Å². The lowest BCUT2D eigenvalue weighted by Crippen LogP contribution is -2.37. The highest BCUT2D eigenvalue weighted by atomic mass is 16.5. The van der Waals surface area contributed by atoms with Gasteiger partial charge in [0.15, 0.2) is 0 Å². The van der Waals surface area contributed by atoms with Crippen LogP contribution in [0.3, 0.4) is 0 Å². The minimum atomic E-state index is 0.488. The van der Waals surface area contributed by atoms with Gasteiger partial charge in [-0.05, 0) is 31.2 Å². The van der Waals surface area contributed by atoms with Crippen molar-refractivity contribution in [3.63, 3.8) is 0 Å². The fourth-order valence-corrected chi connectivity index (χ4v) is 2.28. The number of ether oxygens (including phenoxy) is 1. The Kier molecular flexibility index (Phi) is 7.06. The third-order valence-electron chi connectivity index (χ3n) is 3.71. The van der Waals surface area contributed by atoms with Gasteiger partial charge in [0.25, 0.3) is 0 Å². The summed E-state index contributed by atoms with van der Waals surface area (Å²) in [5.41, 5.74) is 0.488. The van der Waals surface area contributed by atoms with Gasteiger partial charge in [0.2, 0.25) is 0 Å². The normalized spacial score (nSPS) is 19.9. The Balaban J connectivity index is 1.93. The zero-order chi connectivity index (χ0) is 11.7. The molecule has 1 aliphatic rings. The number of nitrogens with one attached hydrogen (secondary N) is 1. The molecular formula is C14H29NO. The van der Waals surface area contributed by atoms with Crippen molar-refractivity contribution < 1.29 is 4.74 Å². The van der Waals surface area contributed by atoms with E-state index in [4.69, 9.17) is 4.74 Å². The number of hydrogen-bond acceptors (Lipinski definition) is 2. The Hall–Kier alpha value is -0.0800. The summed E-state index contributed by atoms with van der Waals surface area (Å²) in [6.07, 6.45) is 9.31. The summed E-state index contributed by atoms with van der Waals surface area (Å²) in [4.78, 5) is 0. The zero-order valence-corrected chi connectivity index (χ0v) is 11.2. The van der Waals surface area contributed by atoms with E-state index in [1.54, 1.807) is 0 Å². The lowest BCUT2D eigenvalue weighted by molar-refractivity contribution is 0.0242. The molecule has 0 aliphatic carbocycles. The van der Waals surface area contributed by atoms with Crippen LogP contribution in [0.1, 0.15) is 58.8 Å². The van der Waals surface area contributed by atoms with E-state index in [9.17, 15) is 0 Å². The van der Waals surface area contributed by atoms with Gasteiger partial charge in [-0.15, -0.1) is 0 Å². The molecule has 1 fully saturated rings. The Bertz CT molecular complexity index is 164. The molecule has 0 radical (unpaired) electrons. The van der Waals surface area contributed by atoms with E-state index < -0.39 is 0 Å². The van der Waals surface area contributed by atoms with Crippen LogP contribution in [0.5, 0.6) is 0 Å². The molecule has 0 unspecified atom stereocenters. The Morgan fingerprint density at radius 2 is 1.75 bits per heavy atom. The first-order valence-corrected chi connectivity index (χ1v) is 7.05. The second-order valence-electron chi connectivity index (χ2n) is 5.51. The quantitative estimate of drug-likeness (QED) is 0.642. The molecule has 1 heterocycles. The molecule has 0 atom stereocenters. The summed E-state index contributed by atoms with van der Waals surface area (Å²) < 4.78 is 5.41. The number of hydrogen-bond donors (Lipinski definition) is 1. The predicted octanol–water partition coefficient (Wildman–Crippen LogP) is 3.36. The van der Waals surface area contributed by atoms with Crippen LogP contribution < -0.4 is 5.32 Å². The molecule has 1 N–H and O–H groups in total. The van der Waals surface area contributed by atoms with E-state index in [0.717, 1.165) is 13.2 Å². The van der Waals surface area contributed by atoms with Crippen molar-refractivity contribution in [2.75, 3.05) is 26.3 Å². The van der Waals surface area contributed by atoms with E-state index in [2.05, 4.69) is 19.2 Å². The highest BCUT2D eigenvalue weighted by Crippen LogP contribution is 2.28. The maximum absolute atomic E-state index is 5.41. The van der Waals surface area contributed by atoms with E-state index >= 15 is 0 Å². The molecule has 96 valence electrons. The third kappa shape index (κ3) is 5.86. The van der Waals surface area contributed by atoms with Crippen molar-refractivity contribution in [1.82, 2.24) is 5.32 Å². The molecule has 0 aromatic carbocycles. The van der Waals surface area contributed by atoms with Crippen LogP contribution in [-0.4, -0.2) is 26.3 Å². The maximum Gasteiger partial charge on any atom is 0.0471 e. The van der Waals surface area contributed by atoms with Crippen LogP contribution in [0.25, 0.3) is 0 Å². The van der Waals surface area contributed by atoms with Crippen molar-refractivity contribution in [2.24, 2.45) is 5.41 Å². The Labute approximate surface area is 101 Å². The van der Waals surface area contributed by atoms with Crippen molar-refractivity contribution in [1.29, 1.82) is 0 Å². The van der Waals surface area contributed by atoms with Crippen molar-refractivity contribution in [3.05, 3.63) is 0 Å². The molecule has 0 bridgehead atoms. The summed E-state index contributed by atoms with van der Waals surface area (Å²) >= 11 is 0. The minimum absolute atomic E-state index is 0.488. The molecule has 16 heavy (non-hydrogen) atoms. The fourth-order valence-electron chi connectivity index (χ4n) is 2.28. The van der Waals surface area contributed by atoms with E-state index in [1.165, 1.54) is 58.0 Å². The van der Waals surface area contributed by atoms with Gasteiger partial charge in [-0.1, -0.05) is 39.5 Å². The molecule has 2 heteroatoms. The maximum atomic E-state index is 5.41. The average Bonchev–Trinajstić information content (AvgIpc) is 2.29. The van der Waals surface area contributed by atoms with Crippen LogP contribution in [0.2, 0.25) is 0 Å². The molecule has 1 aliphatic heterocycles. The van der Waals surface area contributed by atoms with E-state index in [-0.39, 0.29) is 0 Å². The highest BCUT2D eigenvalue weighted by molar-refractivity contribution is 4.79. The van der Waals surface area contributed by atoms with E-state index in [1.807, 2.05) is 0 Å². The molecule has 0 aromatic rings. The highest BCUT2D eigenvalue weighted by Gasteiger charge is 2.26. The predicted molar refractivity (Wildman–Crippen MR) is 69.8 cm³/mol. The Morgan fingerprint density at radius 3 is 2.44 bits per heavy atom. The van der Waals surface area contributed by atoms with Gasteiger partial charge < -0.3 is 10.1 Å². The van der Waals surface area contributed by atoms with Gasteiger partial charge >= 0.3 is 0 Å². The van der Waals surface area contributed by atoms with E-state index in [0.29, 0.717) is 5.41 Å². The summed E-state index contributed by atoms with van der Waals surface area (Å²) in [6.45, 7) is 8.93. The summed E-state index contributed by atoms with van der Waals surface area (Å²) in [5.74, 6) is 0. The number of unbranched alkanes of at least 4 members (excludes halogenated alkanes) is 4. The molecule has 0 saturated carbocycles. The largest absolute Gasteiger partial charge is 0.381 e. The van der Waals surface area contributed by atoms with Gasteiger partial charge in [-0.2, -0.15) is 0 Å².